The summed E-state index contributed by atoms with van der Waals surface area (Å²) < 4.78 is 0. The van der Waals surface area contributed by atoms with Gasteiger partial charge in [0.05, 0.1) is 17.8 Å². The third kappa shape index (κ3) is 2.52. The van der Waals surface area contributed by atoms with E-state index in [9.17, 15) is 4.79 Å². The Morgan fingerprint density at radius 1 is 1.18 bits per heavy atom. The highest BCUT2D eigenvalue weighted by Gasteiger charge is 2.23. The first-order valence-corrected chi connectivity index (χ1v) is 7.51. The smallest absolute Gasteiger partial charge is 0.247 e. The summed E-state index contributed by atoms with van der Waals surface area (Å²) >= 11 is 0. The highest BCUT2D eigenvalue weighted by atomic mass is 16.2. The molecule has 0 spiro atoms. The number of amides is 1. The Balaban J connectivity index is 1.85. The van der Waals surface area contributed by atoms with Gasteiger partial charge in [0.25, 0.3) is 0 Å². The van der Waals surface area contributed by atoms with Gasteiger partial charge in [0.15, 0.2) is 0 Å². The van der Waals surface area contributed by atoms with E-state index in [-0.39, 0.29) is 5.91 Å². The molecule has 22 heavy (non-hydrogen) atoms. The molecule has 0 bridgehead atoms. The molecule has 1 N–H and O–H groups in total. The molecule has 1 aromatic heterocycles. The molecule has 0 aliphatic carbocycles. The number of benzene rings is 1. The first kappa shape index (κ1) is 14.4. The van der Waals surface area contributed by atoms with Crippen LogP contribution in [0.4, 0.5) is 17.3 Å². The van der Waals surface area contributed by atoms with Gasteiger partial charge in [-0.2, -0.15) is 0 Å². The second-order valence-corrected chi connectivity index (χ2v) is 5.33. The van der Waals surface area contributed by atoms with E-state index in [1.54, 1.807) is 11.9 Å². The van der Waals surface area contributed by atoms with Gasteiger partial charge >= 0.3 is 0 Å². The summed E-state index contributed by atoms with van der Waals surface area (Å²) in [5, 5.41) is 11.5. The topological polar surface area (TPSA) is 71.0 Å². The van der Waals surface area contributed by atoms with Gasteiger partial charge in [-0.1, -0.05) is 13.8 Å². The monoisotopic (exact) mass is 297 g/mol. The Morgan fingerprint density at radius 2 is 1.95 bits per heavy atom. The van der Waals surface area contributed by atoms with Crippen LogP contribution in [0.15, 0.2) is 18.2 Å². The summed E-state index contributed by atoms with van der Waals surface area (Å²) in [5.41, 5.74) is 4.76. The largest absolute Gasteiger partial charge is 0.323 e. The molecule has 0 unspecified atom stereocenters. The van der Waals surface area contributed by atoms with E-state index in [4.69, 9.17) is 0 Å². The van der Waals surface area contributed by atoms with Crippen LogP contribution in [0, 0.1) is 0 Å². The molecular formula is C16H19N5O. The minimum Gasteiger partial charge on any atom is -0.323 e. The standard InChI is InChI=1S/C16H19N5O/c1-4-12-13(5-2)19-20-16(18-12)17-11-6-7-14-10(8-11)9-15(22)21(14)3/h6-8H,4-5,9H2,1-3H3,(H,17,18,20). The molecule has 1 aliphatic rings. The number of hydrogen-bond donors (Lipinski definition) is 1. The van der Waals surface area contributed by atoms with Crippen molar-refractivity contribution in [3.8, 4) is 0 Å². The molecule has 1 aliphatic heterocycles. The highest BCUT2D eigenvalue weighted by Crippen LogP contribution is 2.30. The van der Waals surface area contributed by atoms with Crippen molar-refractivity contribution in [3.05, 3.63) is 35.2 Å². The minimum atomic E-state index is 0.116. The van der Waals surface area contributed by atoms with Gasteiger partial charge in [-0.15, -0.1) is 10.2 Å². The third-order valence-corrected chi connectivity index (χ3v) is 3.92. The number of aromatic nitrogens is 3. The summed E-state index contributed by atoms with van der Waals surface area (Å²) in [5.74, 6) is 0.609. The second-order valence-electron chi connectivity index (χ2n) is 5.33. The van der Waals surface area contributed by atoms with Crippen LogP contribution in [0.25, 0.3) is 0 Å². The lowest BCUT2D eigenvalue weighted by atomic mass is 10.1. The molecule has 2 heterocycles. The quantitative estimate of drug-likeness (QED) is 0.937. The summed E-state index contributed by atoms with van der Waals surface area (Å²) in [4.78, 5) is 17.9. The van der Waals surface area contributed by atoms with E-state index >= 15 is 0 Å². The van der Waals surface area contributed by atoms with Crippen molar-refractivity contribution in [1.82, 2.24) is 15.2 Å². The van der Waals surface area contributed by atoms with Crippen LogP contribution in [0.2, 0.25) is 0 Å². The van der Waals surface area contributed by atoms with Gasteiger partial charge in [-0.05, 0) is 36.6 Å². The predicted octanol–water partition coefficient (Wildman–Crippen LogP) is 2.26. The SMILES string of the molecule is CCc1nnc(Nc2ccc3c(c2)CC(=O)N3C)nc1CC. The summed E-state index contributed by atoms with van der Waals surface area (Å²) in [6.45, 7) is 4.11. The molecule has 6 heteroatoms. The number of aryl methyl sites for hydroxylation is 2. The average Bonchev–Trinajstić information content (AvgIpc) is 2.81. The van der Waals surface area contributed by atoms with Gasteiger partial charge < -0.3 is 10.2 Å². The van der Waals surface area contributed by atoms with Crippen molar-refractivity contribution < 1.29 is 4.79 Å². The van der Waals surface area contributed by atoms with E-state index in [0.29, 0.717) is 12.4 Å². The van der Waals surface area contributed by atoms with Crippen LogP contribution in [0.1, 0.15) is 30.8 Å². The van der Waals surface area contributed by atoms with Gasteiger partial charge in [0, 0.05) is 18.4 Å². The number of likely N-dealkylation sites (N-methyl/N-ethyl adjacent to an activating group) is 1. The van der Waals surface area contributed by atoms with E-state index in [0.717, 1.165) is 41.2 Å². The fraction of sp³-hybridized carbons (Fsp3) is 0.375. The van der Waals surface area contributed by atoms with E-state index in [1.165, 1.54) is 0 Å². The number of fused-ring (bicyclic) bond motifs is 1. The Labute approximate surface area is 129 Å². The number of carbonyl (C=O) groups is 1. The lowest BCUT2D eigenvalue weighted by Crippen LogP contribution is -2.20. The molecule has 0 saturated heterocycles. The number of hydrogen-bond acceptors (Lipinski definition) is 5. The van der Waals surface area contributed by atoms with Crippen molar-refractivity contribution in [2.75, 3.05) is 17.3 Å². The molecule has 114 valence electrons. The van der Waals surface area contributed by atoms with E-state index in [2.05, 4.69) is 27.4 Å². The van der Waals surface area contributed by atoms with Crippen molar-refractivity contribution in [1.29, 1.82) is 0 Å². The Morgan fingerprint density at radius 3 is 2.68 bits per heavy atom. The highest BCUT2D eigenvalue weighted by molar-refractivity contribution is 6.01. The van der Waals surface area contributed by atoms with Gasteiger partial charge in [0.1, 0.15) is 0 Å². The third-order valence-electron chi connectivity index (χ3n) is 3.92. The molecule has 3 rings (SSSR count). The Bertz CT molecular complexity index is 728. The molecule has 2 aromatic rings. The number of carbonyl (C=O) groups excluding carboxylic acids is 1. The van der Waals surface area contributed by atoms with Gasteiger partial charge in [-0.25, -0.2) is 4.98 Å². The molecule has 6 nitrogen and oxygen atoms in total. The van der Waals surface area contributed by atoms with Crippen LogP contribution in [0.5, 0.6) is 0 Å². The zero-order chi connectivity index (χ0) is 15.7. The average molecular weight is 297 g/mol. The molecule has 1 aromatic carbocycles. The van der Waals surface area contributed by atoms with Gasteiger partial charge in [-0.3, -0.25) is 4.79 Å². The Kier molecular flexibility index (Phi) is 3.75. The molecule has 0 atom stereocenters. The maximum absolute atomic E-state index is 11.7. The van der Waals surface area contributed by atoms with Crippen LogP contribution in [-0.4, -0.2) is 28.1 Å². The van der Waals surface area contributed by atoms with Crippen LogP contribution in [-0.2, 0) is 24.1 Å². The van der Waals surface area contributed by atoms with Crippen molar-refractivity contribution in [2.24, 2.45) is 0 Å². The zero-order valence-electron chi connectivity index (χ0n) is 13.1. The second kappa shape index (κ2) is 5.71. The van der Waals surface area contributed by atoms with E-state index < -0.39 is 0 Å². The van der Waals surface area contributed by atoms with Crippen molar-refractivity contribution >= 4 is 23.2 Å². The first-order chi connectivity index (χ1) is 10.6. The summed E-state index contributed by atoms with van der Waals surface area (Å²) in [6.07, 6.45) is 2.10. The summed E-state index contributed by atoms with van der Waals surface area (Å²) in [7, 11) is 1.80. The zero-order valence-corrected chi connectivity index (χ0v) is 13.1. The number of rotatable bonds is 4. The minimum absolute atomic E-state index is 0.116. The fourth-order valence-corrected chi connectivity index (χ4v) is 2.67. The molecule has 1 amide bonds. The number of anilines is 3. The van der Waals surface area contributed by atoms with Crippen LogP contribution < -0.4 is 10.2 Å². The molecule has 0 radical (unpaired) electrons. The molecule has 0 fully saturated rings. The van der Waals surface area contributed by atoms with Crippen molar-refractivity contribution in [3.63, 3.8) is 0 Å². The lowest BCUT2D eigenvalue weighted by Gasteiger charge is -2.11. The first-order valence-electron chi connectivity index (χ1n) is 7.51. The number of nitrogens with zero attached hydrogens (tertiary/aromatic N) is 4. The molecule has 0 saturated carbocycles. The lowest BCUT2D eigenvalue weighted by molar-refractivity contribution is -0.117. The van der Waals surface area contributed by atoms with Crippen LogP contribution >= 0.6 is 0 Å². The number of nitrogens with one attached hydrogen (secondary N) is 1. The predicted molar refractivity (Wildman–Crippen MR) is 85.4 cm³/mol. The van der Waals surface area contributed by atoms with E-state index in [1.807, 2.05) is 25.1 Å². The van der Waals surface area contributed by atoms with Crippen molar-refractivity contribution in [2.45, 2.75) is 33.1 Å². The summed E-state index contributed by atoms with van der Waals surface area (Å²) in [6, 6.07) is 5.84. The normalized spacial score (nSPS) is 13.4. The van der Waals surface area contributed by atoms with Gasteiger partial charge in [0.2, 0.25) is 11.9 Å². The fourth-order valence-electron chi connectivity index (χ4n) is 2.67. The molecular weight excluding hydrogens is 278 g/mol. The van der Waals surface area contributed by atoms with Crippen LogP contribution in [0.3, 0.4) is 0 Å². The maximum atomic E-state index is 11.7. The maximum Gasteiger partial charge on any atom is 0.247 e. The Hall–Kier alpha value is -2.50.